The van der Waals surface area contributed by atoms with E-state index in [0.29, 0.717) is 6.42 Å². The maximum atomic E-state index is 12.0. The third-order valence-corrected chi connectivity index (χ3v) is 8.96. The molecule has 5 heteroatoms. The lowest BCUT2D eigenvalue weighted by atomic mass is 10.0. The highest BCUT2D eigenvalue weighted by atomic mass is 19.4. The lowest BCUT2D eigenvalue weighted by molar-refractivity contribution is -0.199. The van der Waals surface area contributed by atoms with Crippen molar-refractivity contribution in [3.05, 3.63) is 0 Å². The Labute approximate surface area is 266 Å². The van der Waals surface area contributed by atoms with Gasteiger partial charge in [-0.3, -0.25) is 0 Å². The van der Waals surface area contributed by atoms with Crippen molar-refractivity contribution >= 4 is 5.97 Å². The van der Waals surface area contributed by atoms with Crippen LogP contribution in [0.2, 0.25) is 0 Å². The zero-order valence-electron chi connectivity index (χ0n) is 28.7. The molecule has 0 spiro atoms. The summed E-state index contributed by atoms with van der Waals surface area (Å²) in [5.41, 5.74) is 0. The summed E-state index contributed by atoms with van der Waals surface area (Å²) in [5.74, 6) is -2.07. The Morgan fingerprint density at radius 1 is 0.372 bits per heavy atom. The number of carbonyl (C=O) groups excluding carboxylic acids is 1. The van der Waals surface area contributed by atoms with Crippen LogP contribution in [0.25, 0.3) is 0 Å². The fourth-order valence-corrected chi connectivity index (χ4v) is 6.08. The second-order valence-corrected chi connectivity index (χ2v) is 13.3. The number of ether oxygens (including phenoxy) is 1. The average molecular weight is 619 g/mol. The first kappa shape index (κ1) is 42.3. The van der Waals surface area contributed by atoms with Gasteiger partial charge in [0, 0.05) is 0 Å². The van der Waals surface area contributed by atoms with Crippen LogP contribution in [-0.2, 0) is 9.53 Å². The Hall–Kier alpha value is -0.740. The Bertz CT molecular complexity index is 550. The summed E-state index contributed by atoms with van der Waals surface area (Å²) in [7, 11) is 0. The molecular formula is C38H73F3O2. The van der Waals surface area contributed by atoms with E-state index in [1.807, 2.05) is 0 Å². The van der Waals surface area contributed by atoms with E-state index in [2.05, 4.69) is 11.7 Å². The SMILES string of the molecule is CCCCCCCCCCCCCCCCCCCCCCCCCCCCCCCCCCCCOC(=O)C(F)(F)F. The van der Waals surface area contributed by atoms with Crippen LogP contribution in [0.4, 0.5) is 13.2 Å². The van der Waals surface area contributed by atoms with Crippen LogP contribution < -0.4 is 0 Å². The Morgan fingerprint density at radius 2 is 0.558 bits per heavy atom. The van der Waals surface area contributed by atoms with Crippen LogP contribution in [0.1, 0.15) is 225 Å². The molecule has 0 amide bonds. The molecule has 0 aromatic rings. The van der Waals surface area contributed by atoms with Crippen molar-refractivity contribution in [3.63, 3.8) is 0 Å². The van der Waals surface area contributed by atoms with Gasteiger partial charge in [0.05, 0.1) is 6.61 Å². The average Bonchev–Trinajstić information content (AvgIpc) is 2.98. The third-order valence-electron chi connectivity index (χ3n) is 8.96. The lowest BCUT2D eigenvalue weighted by Crippen LogP contribution is -2.25. The molecule has 43 heavy (non-hydrogen) atoms. The van der Waals surface area contributed by atoms with Crippen molar-refractivity contribution in [1.29, 1.82) is 0 Å². The summed E-state index contributed by atoms with van der Waals surface area (Å²) in [5, 5.41) is 0. The first-order valence-electron chi connectivity index (χ1n) is 19.2. The zero-order valence-corrected chi connectivity index (χ0v) is 28.7. The molecule has 0 aliphatic carbocycles. The van der Waals surface area contributed by atoms with Crippen molar-refractivity contribution in [1.82, 2.24) is 0 Å². The van der Waals surface area contributed by atoms with Gasteiger partial charge in [-0.25, -0.2) is 4.79 Å². The molecular weight excluding hydrogens is 545 g/mol. The number of hydrogen-bond donors (Lipinski definition) is 0. The topological polar surface area (TPSA) is 26.3 Å². The molecule has 0 aliphatic heterocycles. The molecule has 0 bridgehead atoms. The molecule has 0 rings (SSSR count). The molecule has 0 saturated carbocycles. The normalized spacial score (nSPS) is 11.8. The van der Waals surface area contributed by atoms with Gasteiger partial charge in [-0.15, -0.1) is 0 Å². The van der Waals surface area contributed by atoms with Crippen LogP contribution in [0.3, 0.4) is 0 Å². The number of esters is 1. The van der Waals surface area contributed by atoms with Crippen molar-refractivity contribution < 1.29 is 22.7 Å². The molecule has 0 unspecified atom stereocenters. The van der Waals surface area contributed by atoms with Gasteiger partial charge in [-0.2, -0.15) is 13.2 Å². The number of alkyl halides is 3. The quantitative estimate of drug-likeness (QED) is 0.0522. The van der Waals surface area contributed by atoms with Crippen molar-refractivity contribution in [2.24, 2.45) is 0 Å². The molecule has 2 nitrogen and oxygen atoms in total. The molecule has 0 N–H and O–H groups in total. The van der Waals surface area contributed by atoms with Gasteiger partial charge in [0.1, 0.15) is 0 Å². The van der Waals surface area contributed by atoms with Gasteiger partial charge in [-0.05, 0) is 6.42 Å². The van der Waals surface area contributed by atoms with E-state index in [1.165, 1.54) is 193 Å². The largest absolute Gasteiger partial charge is 0.490 e. The molecule has 0 atom stereocenters. The third kappa shape index (κ3) is 35.6. The number of hydrogen-bond acceptors (Lipinski definition) is 2. The standard InChI is InChI=1S/C38H73F3O2/c1-2-3-4-5-6-7-8-9-10-11-12-13-14-15-16-17-18-19-20-21-22-23-24-25-26-27-28-29-30-31-32-33-34-35-36-43-37(42)38(39,40)41/h2-36H2,1H3. The summed E-state index contributed by atoms with van der Waals surface area (Å²) < 4.78 is 40.3. The van der Waals surface area contributed by atoms with Crippen LogP contribution >= 0.6 is 0 Å². The number of carbonyl (C=O) groups is 1. The van der Waals surface area contributed by atoms with E-state index in [1.54, 1.807) is 0 Å². The second kappa shape index (κ2) is 34.1. The minimum atomic E-state index is -4.87. The maximum Gasteiger partial charge on any atom is 0.490 e. The van der Waals surface area contributed by atoms with E-state index >= 15 is 0 Å². The Morgan fingerprint density at radius 3 is 0.744 bits per heavy atom. The van der Waals surface area contributed by atoms with Gasteiger partial charge in [0.25, 0.3) is 0 Å². The molecule has 0 radical (unpaired) electrons. The van der Waals surface area contributed by atoms with Gasteiger partial charge in [-0.1, -0.05) is 219 Å². The highest BCUT2D eigenvalue weighted by Gasteiger charge is 2.40. The first-order valence-corrected chi connectivity index (χ1v) is 19.2. The van der Waals surface area contributed by atoms with Crippen LogP contribution in [0, 0.1) is 0 Å². The molecule has 0 aromatic carbocycles. The number of unbranched alkanes of at least 4 members (excludes halogenated alkanes) is 33. The van der Waals surface area contributed by atoms with Gasteiger partial charge in [0.15, 0.2) is 0 Å². The van der Waals surface area contributed by atoms with Gasteiger partial charge in [0.2, 0.25) is 0 Å². The fraction of sp³-hybridized carbons (Fsp3) is 0.974. The highest BCUT2D eigenvalue weighted by molar-refractivity contribution is 5.75. The Kier molecular flexibility index (Phi) is 33.6. The van der Waals surface area contributed by atoms with Gasteiger partial charge < -0.3 is 4.74 Å². The first-order chi connectivity index (χ1) is 21.0. The minimum Gasteiger partial charge on any atom is -0.459 e. The van der Waals surface area contributed by atoms with Gasteiger partial charge >= 0.3 is 12.1 Å². The van der Waals surface area contributed by atoms with E-state index in [4.69, 9.17) is 0 Å². The van der Waals surface area contributed by atoms with E-state index < -0.39 is 12.1 Å². The molecule has 0 aromatic heterocycles. The maximum absolute atomic E-state index is 12.0. The molecule has 0 saturated heterocycles. The number of rotatable bonds is 35. The second-order valence-electron chi connectivity index (χ2n) is 13.3. The van der Waals surface area contributed by atoms with Crippen molar-refractivity contribution in [2.75, 3.05) is 6.61 Å². The zero-order chi connectivity index (χ0) is 31.5. The van der Waals surface area contributed by atoms with E-state index in [9.17, 15) is 18.0 Å². The minimum absolute atomic E-state index is 0.127. The molecule has 0 aliphatic rings. The smallest absolute Gasteiger partial charge is 0.459 e. The molecule has 0 fully saturated rings. The van der Waals surface area contributed by atoms with Crippen LogP contribution in [0.15, 0.2) is 0 Å². The summed E-state index contributed by atoms with van der Waals surface area (Å²) in [4.78, 5) is 10.6. The monoisotopic (exact) mass is 619 g/mol. The summed E-state index contributed by atoms with van der Waals surface area (Å²) in [6, 6.07) is 0. The highest BCUT2D eigenvalue weighted by Crippen LogP contribution is 2.18. The molecule has 0 heterocycles. The summed E-state index contributed by atoms with van der Waals surface area (Å²) in [6.07, 6.45) is 41.0. The lowest BCUT2D eigenvalue weighted by Gasteiger charge is -2.07. The number of halogens is 3. The summed E-state index contributed by atoms with van der Waals surface area (Å²) in [6.45, 7) is 2.17. The van der Waals surface area contributed by atoms with Crippen LogP contribution in [-0.4, -0.2) is 18.8 Å². The van der Waals surface area contributed by atoms with Crippen LogP contribution in [0.5, 0.6) is 0 Å². The molecule has 258 valence electrons. The fourth-order valence-electron chi connectivity index (χ4n) is 6.08. The Balaban J connectivity index is 3.08. The predicted octanol–water partition coefficient (Wildman–Crippen LogP) is 14.4. The van der Waals surface area contributed by atoms with Crippen molar-refractivity contribution in [2.45, 2.75) is 231 Å². The van der Waals surface area contributed by atoms with E-state index in [-0.39, 0.29) is 6.61 Å². The van der Waals surface area contributed by atoms with Crippen molar-refractivity contribution in [3.8, 4) is 0 Å². The summed E-state index contributed by atoms with van der Waals surface area (Å²) >= 11 is 0. The van der Waals surface area contributed by atoms with E-state index in [0.717, 1.165) is 19.3 Å². The predicted molar refractivity (Wildman–Crippen MR) is 180 cm³/mol.